The van der Waals surface area contributed by atoms with Crippen LogP contribution in [-0.2, 0) is 6.42 Å². The van der Waals surface area contributed by atoms with E-state index in [4.69, 9.17) is 11.6 Å². The van der Waals surface area contributed by atoms with Crippen LogP contribution in [0.5, 0.6) is 0 Å². The Kier molecular flexibility index (Phi) is 4.22. The lowest BCUT2D eigenvalue weighted by Gasteiger charge is -2.10. The Morgan fingerprint density at radius 2 is 2.11 bits per heavy atom. The van der Waals surface area contributed by atoms with E-state index in [1.165, 1.54) is 12.1 Å². The summed E-state index contributed by atoms with van der Waals surface area (Å²) in [6.07, 6.45) is 1.43. The van der Waals surface area contributed by atoms with E-state index in [2.05, 4.69) is 5.10 Å². The van der Waals surface area contributed by atoms with Crippen molar-refractivity contribution in [3.63, 3.8) is 0 Å². The maximum absolute atomic E-state index is 13.3. The second-order valence-corrected chi connectivity index (χ2v) is 5.18. The molecule has 1 atom stereocenters. The largest absolute Gasteiger partial charge is 0.388 e. The standard InChI is InChI=1S/C14H16ClFN2O/c1-9(2)18-6-5-11(17-18)8-14(19)10-3-4-12(15)13(16)7-10/h3-7,9,14,19H,8H2,1-2H3. The van der Waals surface area contributed by atoms with E-state index in [0.717, 1.165) is 5.69 Å². The SMILES string of the molecule is CC(C)n1ccc(CC(O)c2ccc(Cl)c(F)c2)n1. The third-order valence-corrected chi connectivity index (χ3v) is 3.23. The molecule has 19 heavy (non-hydrogen) atoms. The van der Waals surface area contributed by atoms with Crippen LogP contribution in [0.4, 0.5) is 4.39 Å². The molecule has 0 fully saturated rings. The molecule has 0 aliphatic rings. The second-order valence-electron chi connectivity index (χ2n) is 4.77. The highest BCUT2D eigenvalue weighted by Crippen LogP contribution is 2.22. The molecule has 2 rings (SSSR count). The highest BCUT2D eigenvalue weighted by atomic mass is 35.5. The minimum absolute atomic E-state index is 0.0556. The van der Waals surface area contributed by atoms with Gasteiger partial charge in [0.25, 0.3) is 0 Å². The zero-order valence-electron chi connectivity index (χ0n) is 10.8. The van der Waals surface area contributed by atoms with Crippen LogP contribution in [0, 0.1) is 5.82 Å². The van der Waals surface area contributed by atoms with Gasteiger partial charge in [-0.15, -0.1) is 0 Å². The summed E-state index contributed by atoms with van der Waals surface area (Å²) in [6.45, 7) is 4.06. The van der Waals surface area contributed by atoms with E-state index >= 15 is 0 Å². The van der Waals surface area contributed by atoms with Crippen LogP contribution in [0.15, 0.2) is 30.5 Å². The van der Waals surface area contributed by atoms with Crippen LogP contribution >= 0.6 is 11.6 Å². The lowest BCUT2D eigenvalue weighted by Crippen LogP contribution is -2.05. The van der Waals surface area contributed by atoms with Gasteiger partial charge in [-0.3, -0.25) is 4.68 Å². The summed E-state index contributed by atoms with van der Waals surface area (Å²) in [5.41, 5.74) is 1.28. The van der Waals surface area contributed by atoms with Gasteiger partial charge in [-0.1, -0.05) is 17.7 Å². The normalized spacial score (nSPS) is 12.9. The molecule has 0 aliphatic heterocycles. The molecule has 0 saturated carbocycles. The molecular weight excluding hydrogens is 267 g/mol. The molecule has 1 aromatic carbocycles. The number of aromatic nitrogens is 2. The molecular formula is C14H16ClFN2O. The Balaban J connectivity index is 2.11. The van der Waals surface area contributed by atoms with Crippen molar-refractivity contribution in [2.45, 2.75) is 32.4 Å². The summed E-state index contributed by atoms with van der Waals surface area (Å²) in [7, 11) is 0. The lowest BCUT2D eigenvalue weighted by atomic mass is 10.1. The van der Waals surface area contributed by atoms with Gasteiger partial charge in [0.1, 0.15) is 5.82 Å². The summed E-state index contributed by atoms with van der Waals surface area (Å²) in [6, 6.07) is 6.46. The maximum Gasteiger partial charge on any atom is 0.142 e. The number of rotatable bonds is 4. The number of halogens is 2. The number of hydrogen-bond donors (Lipinski definition) is 1. The second kappa shape index (κ2) is 5.72. The van der Waals surface area contributed by atoms with E-state index in [0.29, 0.717) is 12.0 Å². The molecule has 0 spiro atoms. The average molecular weight is 283 g/mol. The molecule has 102 valence electrons. The van der Waals surface area contributed by atoms with Crippen molar-refractivity contribution in [1.82, 2.24) is 9.78 Å². The van der Waals surface area contributed by atoms with E-state index in [-0.39, 0.29) is 11.1 Å². The van der Waals surface area contributed by atoms with Crippen molar-refractivity contribution < 1.29 is 9.50 Å². The zero-order valence-corrected chi connectivity index (χ0v) is 11.6. The third-order valence-electron chi connectivity index (χ3n) is 2.92. The van der Waals surface area contributed by atoms with Crippen molar-refractivity contribution in [3.8, 4) is 0 Å². The number of nitrogens with zero attached hydrogens (tertiary/aromatic N) is 2. The molecule has 1 N–H and O–H groups in total. The summed E-state index contributed by atoms with van der Waals surface area (Å²) in [4.78, 5) is 0. The highest BCUT2D eigenvalue weighted by molar-refractivity contribution is 6.30. The van der Waals surface area contributed by atoms with Gasteiger partial charge in [-0.2, -0.15) is 5.10 Å². The van der Waals surface area contributed by atoms with Gasteiger partial charge in [0.15, 0.2) is 0 Å². The van der Waals surface area contributed by atoms with Crippen LogP contribution < -0.4 is 0 Å². The Hall–Kier alpha value is -1.39. The van der Waals surface area contributed by atoms with Crippen LogP contribution in [0.25, 0.3) is 0 Å². The van der Waals surface area contributed by atoms with Gasteiger partial charge in [0, 0.05) is 18.7 Å². The molecule has 0 bridgehead atoms. The van der Waals surface area contributed by atoms with Gasteiger partial charge in [-0.25, -0.2) is 4.39 Å². The van der Waals surface area contributed by atoms with Gasteiger partial charge < -0.3 is 5.11 Å². The molecule has 1 heterocycles. The first-order chi connectivity index (χ1) is 8.97. The fraction of sp³-hybridized carbons (Fsp3) is 0.357. The maximum atomic E-state index is 13.3. The van der Waals surface area contributed by atoms with Crippen molar-refractivity contribution in [1.29, 1.82) is 0 Å². The van der Waals surface area contributed by atoms with E-state index < -0.39 is 11.9 Å². The summed E-state index contributed by atoms with van der Waals surface area (Å²) >= 11 is 5.61. The minimum atomic E-state index is -0.790. The van der Waals surface area contributed by atoms with Crippen molar-refractivity contribution in [2.75, 3.05) is 0 Å². The molecule has 0 radical (unpaired) electrons. The Bertz CT molecular complexity index is 568. The zero-order chi connectivity index (χ0) is 14.0. The predicted octanol–water partition coefficient (Wildman–Crippen LogP) is 3.53. The van der Waals surface area contributed by atoms with Crippen molar-refractivity contribution in [3.05, 3.63) is 52.6 Å². The molecule has 3 nitrogen and oxygen atoms in total. The number of aliphatic hydroxyl groups excluding tert-OH is 1. The molecule has 1 unspecified atom stereocenters. The van der Waals surface area contributed by atoms with Crippen molar-refractivity contribution in [2.24, 2.45) is 0 Å². The third kappa shape index (κ3) is 3.33. The predicted molar refractivity (Wildman–Crippen MR) is 72.7 cm³/mol. The molecule has 1 aromatic heterocycles. The van der Waals surface area contributed by atoms with Gasteiger partial charge in [0.2, 0.25) is 0 Å². The first-order valence-corrected chi connectivity index (χ1v) is 6.52. The Morgan fingerprint density at radius 3 is 2.68 bits per heavy atom. The fourth-order valence-electron chi connectivity index (χ4n) is 1.81. The summed E-state index contributed by atoms with van der Waals surface area (Å²) < 4.78 is 15.1. The van der Waals surface area contributed by atoms with Crippen LogP contribution in [0.1, 0.15) is 37.3 Å². The lowest BCUT2D eigenvalue weighted by molar-refractivity contribution is 0.176. The van der Waals surface area contributed by atoms with Crippen LogP contribution in [-0.4, -0.2) is 14.9 Å². The quantitative estimate of drug-likeness (QED) is 0.931. The molecule has 2 aromatic rings. The van der Waals surface area contributed by atoms with Gasteiger partial charge in [-0.05, 0) is 37.6 Å². The summed E-state index contributed by atoms with van der Waals surface area (Å²) in [5.74, 6) is -0.522. The monoisotopic (exact) mass is 282 g/mol. The smallest absolute Gasteiger partial charge is 0.142 e. The van der Waals surface area contributed by atoms with Crippen molar-refractivity contribution >= 4 is 11.6 Å². The number of hydrogen-bond acceptors (Lipinski definition) is 2. The summed E-state index contributed by atoms with van der Waals surface area (Å²) in [5, 5.41) is 14.5. The van der Waals surface area contributed by atoms with E-state index in [1.54, 1.807) is 6.07 Å². The Morgan fingerprint density at radius 1 is 1.37 bits per heavy atom. The Labute approximate surface area is 116 Å². The first kappa shape index (κ1) is 14.0. The van der Waals surface area contributed by atoms with Crippen LogP contribution in [0.3, 0.4) is 0 Å². The topological polar surface area (TPSA) is 38.0 Å². The minimum Gasteiger partial charge on any atom is -0.388 e. The van der Waals surface area contributed by atoms with E-state index in [1.807, 2.05) is 30.8 Å². The number of benzene rings is 1. The molecule has 0 aliphatic carbocycles. The highest BCUT2D eigenvalue weighted by Gasteiger charge is 2.13. The average Bonchev–Trinajstić information content (AvgIpc) is 2.81. The number of aliphatic hydroxyl groups is 1. The van der Waals surface area contributed by atoms with Gasteiger partial charge in [0.05, 0.1) is 16.8 Å². The fourth-order valence-corrected chi connectivity index (χ4v) is 1.93. The van der Waals surface area contributed by atoms with Crippen LogP contribution in [0.2, 0.25) is 5.02 Å². The van der Waals surface area contributed by atoms with Gasteiger partial charge >= 0.3 is 0 Å². The molecule has 5 heteroatoms. The first-order valence-electron chi connectivity index (χ1n) is 6.14. The van der Waals surface area contributed by atoms with E-state index in [9.17, 15) is 9.50 Å². The molecule has 0 amide bonds. The molecule has 0 saturated heterocycles.